The summed E-state index contributed by atoms with van der Waals surface area (Å²) in [5.74, 6) is 1.21. The van der Waals surface area contributed by atoms with Crippen molar-refractivity contribution in [1.82, 2.24) is 0 Å². The van der Waals surface area contributed by atoms with Crippen molar-refractivity contribution in [2.45, 2.75) is 13.8 Å². The van der Waals surface area contributed by atoms with Crippen LogP contribution in [0.25, 0.3) is 0 Å². The van der Waals surface area contributed by atoms with Crippen LogP contribution in [0.2, 0.25) is 0 Å². The van der Waals surface area contributed by atoms with Gasteiger partial charge in [0.2, 0.25) is 0 Å². The minimum Gasteiger partial charge on any atom is -0.384 e. The first kappa shape index (κ1) is 25.6. The lowest BCUT2D eigenvalue weighted by molar-refractivity contribution is 0.653. The maximum atomic E-state index is 5.98. The Hall–Kier alpha value is -2.44. The molecule has 0 unspecified atom stereocenters. The first-order chi connectivity index (χ1) is 13.6. The van der Waals surface area contributed by atoms with Crippen LogP contribution in [0.3, 0.4) is 0 Å². The Kier molecular flexibility index (Phi) is 10.5. The van der Waals surface area contributed by atoms with E-state index in [1.165, 1.54) is 11.4 Å². The summed E-state index contributed by atoms with van der Waals surface area (Å²) in [4.78, 5) is 13.4. The summed E-state index contributed by atoms with van der Waals surface area (Å²) >= 11 is 0. The molecule has 30 heavy (non-hydrogen) atoms. The van der Waals surface area contributed by atoms with Gasteiger partial charge in [-0.15, -0.1) is 24.8 Å². The average molecular weight is 451 g/mol. The molecule has 0 atom stereocenters. The Labute approximate surface area is 191 Å². The minimum absolute atomic E-state index is 0. The van der Waals surface area contributed by atoms with E-state index in [1.54, 1.807) is 0 Å². The lowest BCUT2D eigenvalue weighted by Gasteiger charge is -2.37. The Bertz CT molecular complexity index is 754. The van der Waals surface area contributed by atoms with Gasteiger partial charge in [0.1, 0.15) is 11.7 Å². The zero-order valence-corrected chi connectivity index (χ0v) is 19.3. The number of hydrogen-bond acceptors (Lipinski definition) is 4. The van der Waals surface area contributed by atoms with Crippen LogP contribution in [-0.4, -0.2) is 50.9 Å². The first-order valence-electron chi connectivity index (χ1n) is 9.93. The van der Waals surface area contributed by atoms with E-state index in [0.717, 1.165) is 37.3 Å². The quantitative estimate of drug-likeness (QED) is 0.522. The highest BCUT2D eigenvalue weighted by molar-refractivity contribution is 5.98. The maximum Gasteiger partial charge on any atom is 0.125 e. The van der Waals surface area contributed by atoms with E-state index >= 15 is 0 Å². The van der Waals surface area contributed by atoms with Gasteiger partial charge in [-0.3, -0.25) is 9.98 Å². The molecule has 1 heterocycles. The number of halogens is 2. The van der Waals surface area contributed by atoms with Crippen LogP contribution in [0.15, 0.2) is 58.5 Å². The number of nitrogens with two attached hydrogens (primary N) is 2. The van der Waals surface area contributed by atoms with Gasteiger partial charge in [0.25, 0.3) is 0 Å². The second kappa shape index (κ2) is 12.3. The van der Waals surface area contributed by atoms with E-state index in [4.69, 9.17) is 11.5 Å². The zero-order valence-electron chi connectivity index (χ0n) is 17.6. The predicted molar refractivity (Wildman–Crippen MR) is 134 cm³/mol. The van der Waals surface area contributed by atoms with Crippen LogP contribution in [0.1, 0.15) is 25.0 Å². The van der Waals surface area contributed by atoms with E-state index in [-0.39, 0.29) is 24.8 Å². The van der Waals surface area contributed by atoms with Crippen molar-refractivity contribution in [3.05, 3.63) is 59.7 Å². The van der Waals surface area contributed by atoms with Crippen LogP contribution >= 0.6 is 24.8 Å². The average Bonchev–Trinajstić information content (AvgIpc) is 2.74. The smallest absolute Gasteiger partial charge is 0.125 e. The van der Waals surface area contributed by atoms with Crippen molar-refractivity contribution in [3.63, 3.8) is 0 Å². The second-order valence-electron chi connectivity index (χ2n) is 6.79. The monoisotopic (exact) mass is 450 g/mol. The van der Waals surface area contributed by atoms with Gasteiger partial charge in [-0.05, 0) is 62.4 Å². The third kappa shape index (κ3) is 6.28. The molecule has 1 aliphatic heterocycles. The Morgan fingerprint density at radius 2 is 0.967 bits per heavy atom. The summed E-state index contributed by atoms with van der Waals surface area (Å²) in [5, 5.41) is 0. The van der Waals surface area contributed by atoms with Crippen molar-refractivity contribution in [3.8, 4) is 0 Å². The number of aliphatic imine (C=N–C) groups is 2. The molecule has 3 rings (SSSR count). The molecular weight excluding hydrogens is 419 g/mol. The summed E-state index contributed by atoms with van der Waals surface area (Å²) < 4.78 is 0. The predicted octanol–water partition coefficient (Wildman–Crippen LogP) is 3.31. The lowest BCUT2D eigenvalue weighted by Crippen LogP contribution is -2.46. The van der Waals surface area contributed by atoms with Crippen LogP contribution in [0.5, 0.6) is 0 Å². The maximum absolute atomic E-state index is 5.98. The van der Waals surface area contributed by atoms with E-state index in [0.29, 0.717) is 24.8 Å². The molecule has 1 saturated heterocycles. The molecule has 6 nitrogen and oxygen atoms in total. The lowest BCUT2D eigenvalue weighted by atomic mass is 10.1. The summed E-state index contributed by atoms with van der Waals surface area (Å²) in [7, 11) is 0. The van der Waals surface area contributed by atoms with Gasteiger partial charge in [-0.2, -0.15) is 0 Å². The minimum atomic E-state index is 0. The van der Waals surface area contributed by atoms with E-state index in [2.05, 4.69) is 68.3 Å². The Morgan fingerprint density at radius 3 is 1.23 bits per heavy atom. The Morgan fingerprint density at radius 1 is 0.667 bits per heavy atom. The number of nitrogens with zero attached hydrogens (tertiary/aromatic N) is 4. The van der Waals surface area contributed by atoms with Gasteiger partial charge in [0.05, 0.1) is 0 Å². The molecular formula is C22H32Cl2N6. The van der Waals surface area contributed by atoms with Crippen LogP contribution < -0.4 is 21.3 Å². The summed E-state index contributed by atoms with van der Waals surface area (Å²) in [6.45, 7) is 9.32. The number of hydrogen-bond donors (Lipinski definition) is 2. The normalized spacial score (nSPS) is 14.7. The SMILES string of the molecule is CCN=C(N)c1ccc(N2CCN(c3ccc(C(N)=NCC)cc3)CC2)cc1.Cl.Cl. The van der Waals surface area contributed by atoms with E-state index in [9.17, 15) is 0 Å². The fraction of sp³-hybridized carbons (Fsp3) is 0.364. The van der Waals surface area contributed by atoms with Gasteiger partial charge >= 0.3 is 0 Å². The molecule has 8 heteroatoms. The summed E-state index contributed by atoms with van der Waals surface area (Å²) in [6, 6.07) is 16.7. The van der Waals surface area contributed by atoms with Gasteiger partial charge in [0.15, 0.2) is 0 Å². The number of amidine groups is 2. The fourth-order valence-corrected chi connectivity index (χ4v) is 3.43. The van der Waals surface area contributed by atoms with Crippen molar-refractivity contribution in [2.75, 3.05) is 49.1 Å². The van der Waals surface area contributed by atoms with E-state index in [1.807, 2.05) is 13.8 Å². The topological polar surface area (TPSA) is 83.2 Å². The summed E-state index contributed by atoms with van der Waals surface area (Å²) in [6.07, 6.45) is 0. The molecule has 0 saturated carbocycles. The van der Waals surface area contributed by atoms with Gasteiger partial charge in [-0.1, -0.05) is 0 Å². The van der Waals surface area contributed by atoms with Gasteiger partial charge < -0.3 is 21.3 Å². The molecule has 1 aliphatic rings. The van der Waals surface area contributed by atoms with Gasteiger partial charge in [0, 0.05) is 61.8 Å². The molecule has 4 N–H and O–H groups in total. The second-order valence-corrected chi connectivity index (χ2v) is 6.79. The van der Waals surface area contributed by atoms with Crippen LogP contribution in [0, 0.1) is 0 Å². The molecule has 0 aliphatic carbocycles. The highest BCUT2D eigenvalue weighted by Crippen LogP contribution is 2.21. The number of benzene rings is 2. The molecule has 0 spiro atoms. The highest BCUT2D eigenvalue weighted by Gasteiger charge is 2.17. The molecule has 2 aromatic rings. The molecule has 0 radical (unpaired) electrons. The van der Waals surface area contributed by atoms with Crippen molar-refractivity contribution < 1.29 is 0 Å². The van der Waals surface area contributed by atoms with Crippen molar-refractivity contribution in [1.29, 1.82) is 0 Å². The largest absolute Gasteiger partial charge is 0.384 e. The standard InChI is InChI=1S/C22H30N6.2ClH/c1-3-25-21(23)17-5-9-19(10-6-17)27-13-15-28(16-14-27)20-11-7-18(8-12-20)22(24)26-4-2;;/h5-12H,3-4,13-16H2,1-2H3,(H2,23,25)(H2,24,26);2*1H. The molecule has 1 fully saturated rings. The summed E-state index contributed by atoms with van der Waals surface area (Å²) in [5.41, 5.74) is 16.4. The number of rotatable bonds is 6. The van der Waals surface area contributed by atoms with E-state index < -0.39 is 0 Å². The molecule has 0 amide bonds. The Balaban J connectivity index is 0.00000225. The third-order valence-electron chi connectivity index (χ3n) is 4.99. The van der Waals surface area contributed by atoms with Crippen LogP contribution in [-0.2, 0) is 0 Å². The molecule has 164 valence electrons. The van der Waals surface area contributed by atoms with Gasteiger partial charge in [-0.25, -0.2) is 0 Å². The first-order valence-corrected chi connectivity index (χ1v) is 9.93. The molecule has 0 aromatic heterocycles. The fourth-order valence-electron chi connectivity index (χ4n) is 3.43. The van der Waals surface area contributed by atoms with Crippen LogP contribution in [0.4, 0.5) is 11.4 Å². The number of piperazine rings is 1. The highest BCUT2D eigenvalue weighted by atomic mass is 35.5. The molecule has 0 bridgehead atoms. The molecule has 2 aromatic carbocycles. The third-order valence-corrected chi connectivity index (χ3v) is 4.99. The van der Waals surface area contributed by atoms with Crippen molar-refractivity contribution in [2.24, 2.45) is 21.5 Å². The van der Waals surface area contributed by atoms with Crippen molar-refractivity contribution >= 4 is 47.9 Å². The zero-order chi connectivity index (χ0) is 19.9. The number of anilines is 2.